The molecular weight excluding hydrogens is 394 g/mol. The van der Waals surface area contributed by atoms with Crippen LogP contribution in [0.25, 0.3) is 33.1 Å². The van der Waals surface area contributed by atoms with E-state index in [1.165, 1.54) is 0 Å². The summed E-state index contributed by atoms with van der Waals surface area (Å²) in [6, 6.07) is 25.5. The second kappa shape index (κ2) is 7.89. The zero-order valence-electron chi connectivity index (χ0n) is 15.8. The van der Waals surface area contributed by atoms with Gasteiger partial charge in [-0.1, -0.05) is 54.1 Å². The molecule has 1 N–H and O–H groups in total. The summed E-state index contributed by atoms with van der Waals surface area (Å²) in [4.78, 5) is 13.6. The third-order valence-electron chi connectivity index (χ3n) is 4.71. The van der Waals surface area contributed by atoms with Gasteiger partial charge in [0.15, 0.2) is 0 Å². The van der Waals surface area contributed by atoms with E-state index in [4.69, 9.17) is 11.6 Å². The molecule has 0 spiro atoms. The standard InChI is InChI=1S/C24H16ClN5/c25-19-9-11-22-20(14-19)23(17-5-2-1-3-6-17)29-24(28-22)30-27-15-16-8-10-21-18(13-16)7-4-12-26-21/h1-15H,(H,28,29,30)/b27-15+. The Morgan fingerprint density at radius 3 is 2.60 bits per heavy atom. The third kappa shape index (κ3) is 3.71. The second-order valence-electron chi connectivity index (χ2n) is 6.75. The minimum atomic E-state index is 0.419. The van der Waals surface area contributed by atoms with Gasteiger partial charge in [0.05, 0.1) is 22.9 Å². The summed E-state index contributed by atoms with van der Waals surface area (Å²) >= 11 is 6.21. The van der Waals surface area contributed by atoms with Gasteiger partial charge in [-0.05, 0) is 42.0 Å². The lowest BCUT2D eigenvalue weighted by molar-refractivity contribution is 1.16. The molecule has 0 unspecified atom stereocenters. The van der Waals surface area contributed by atoms with Crippen LogP contribution >= 0.6 is 11.6 Å². The SMILES string of the molecule is Clc1ccc2nc(N/N=C/c3ccc4ncccc4c3)nc(-c3ccccc3)c2c1. The average molecular weight is 410 g/mol. The summed E-state index contributed by atoms with van der Waals surface area (Å²) in [5.41, 5.74) is 7.45. The van der Waals surface area contributed by atoms with Crippen LogP contribution in [0.3, 0.4) is 0 Å². The van der Waals surface area contributed by atoms with Crippen molar-refractivity contribution in [1.29, 1.82) is 0 Å². The molecule has 0 amide bonds. The highest BCUT2D eigenvalue weighted by molar-refractivity contribution is 6.31. The normalized spacial score (nSPS) is 11.4. The van der Waals surface area contributed by atoms with E-state index in [2.05, 4.69) is 25.5 Å². The van der Waals surface area contributed by atoms with E-state index in [0.29, 0.717) is 11.0 Å². The van der Waals surface area contributed by atoms with Crippen molar-refractivity contribution >= 4 is 45.6 Å². The summed E-state index contributed by atoms with van der Waals surface area (Å²) in [6.45, 7) is 0. The predicted octanol–water partition coefficient (Wildman–Crippen LogP) is 5.94. The van der Waals surface area contributed by atoms with E-state index < -0.39 is 0 Å². The Hall–Kier alpha value is -3.83. The van der Waals surface area contributed by atoms with Gasteiger partial charge in [-0.25, -0.2) is 15.4 Å². The van der Waals surface area contributed by atoms with Crippen LogP contribution in [0.1, 0.15) is 5.56 Å². The first-order chi connectivity index (χ1) is 14.8. The van der Waals surface area contributed by atoms with E-state index in [-0.39, 0.29) is 0 Å². The zero-order chi connectivity index (χ0) is 20.3. The quantitative estimate of drug-likeness (QED) is 0.294. The predicted molar refractivity (Wildman–Crippen MR) is 123 cm³/mol. The number of nitrogens with zero attached hydrogens (tertiary/aromatic N) is 4. The Bertz CT molecular complexity index is 1380. The van der Waals surface area contributed by atoms with Crippen molar-refractivity contribution in [3.05, 3.63) is 95.6 Å². The van der Waals surface area contributed by atoms with Gasteiger partial charge in [-0.2, -0.15) is 5.10 Å². The fraction of sp³-hybridized carbons (Fsp3) is 0. The Morgan fingerprint density at radius 2 is 1.70 bits per heavy atom. The number of hydrogen-bond donors (Lipinski definition) is 1. The van der Waals surface area contributed by atoms with Crippen LogP contribution < -0.4 is 5.43 Å². The van der Waals surface area contributed by atoms with Crippen molar-refractivity contribution in [1.82, 2.24) is 15.0 Å². The maximum atomic E-state index is 6.21. The average Bonchev–Trinajstić information content (AvgIpc) is 2.79. The van der Waals surface area contributed by atoms with Crippen molar-refractivity contribution in [2.45, 2.75) is 0 Å². The number of hydrazone groups is 1. The maximum Gasteiger partial charge on any atom is 0.244 e. The van der Waals surface area contributed by atoms with Crippen LogP contribution in [0.2, 0.25) is 5.02 Å². The molecule has 0 atom stereocenters. The molecule has 0 saturated carbocycles. The summed E-state index contributed by atoms with van der Waals surface area (Å²) in [7, 11) is 0. The van der Waals surface area contributed by atoms with Crippen molar-refractivity contribution in [3.8, 4) is 11.3 Å². The third-order valence-corrected chi connectivity index (χ3v) is 4.95. The number of hydrogen-bond acceptors (Lipinski definition) is 5. The molecule has 0 aliphatic heterocycles. The first-order valence-electron chi connectivity index (χ1n) is 9.43. The van der Waals surface area contributed by atoms with E-state index in [0.717, 1.165) is 38.6 Å². The van der Waals surface area contributed by atoms with Crippen LogP contribution in [-0.2, 0) is 0 Å². The van der Waals surface area contributed by atoms with Crippen LogP contribution in [0.15, 0.2) is 90.2 Å². The number of rotatable bonds is 4. The number of anilines is 1. The first-order valence-corrected chi connectivity index (χ1v) is 9.81. The Morgan fingerprint density at radius 1 is 0.833 bits per heavy atom. The molecule has 5 aromatic rings. The van der Waals surface area contributed by atoms with Gasteiger partial charge >= 0.3 is 0 Å². The lowest BCUT2D eigenvalue weighted by atomic mass is 10.1. The minimum absolute atomic E-state index is 0.419. The lowest BCUT2D eigenvalue weighted by Crippen LogP contribution is -2.00. The molecule has 0 fully saturated rings. The number of nitrogens with one attached hydrogen (secondary N) is 1. The molecule has 0 radical (unpaired) electrons. The number of fused-ring (bicyclic) bond motifs is 2. The van der Waals surface area contributed by atoms with E-state index in [1.54, 1.807) is 12.4 Å². The molecule has 0 aliphatic rings. The Kier molecular flexibility index (Phi) is 4.79. The fourth-order valence-corrected chi connectivity index (χ4v) is 3.48. The maximum absolute atomic E-state index is 6.21. The Balaban J connectivity index is 1.49. The number of aromatic nitrogens is 3. The molecule has 0 bridgehead atoms. The smallest absolute Gasteiger partial charge is 0.244 e. The highest BCUT2D eigenvalue weighted by Gasteiger charge is 2.10. The molecule has 5 rings (SSSR count). The largest absolute Gasteiger partial charge is 0.256 e. The van der Waals surface area contributed by atoms with Crippen molar-refractivity contribution in [2.24, 2.45) is 5.10 Å². The molecular formula is C24H16ClN5. The Labute approximate surface area is 178 Å². The van der Waals surface area contributed by atoms with Gasteiger partial charge in [0.2, 0.25) is 5.95 Å². The van der Waals surface area contributed by atoms with Gasteiger partial charge < -0.3 is 0 Å². The number of pyridine rings is 1. The highest BCUT2D eigenvalue weighted by Crippen LogP contribution is 2.29. The van der Waals surface area contributed by atoms with Crippen LogP contribution in [0, 0.1) is 0 Å². The summed E-state index contributed by atoms with van der Waals surface area (Å²) in [6.07, 6.45) is 3.52. The fourth-order valence-electron chi connectivity index (χ4n) is 3.31. The van der Waals surface area contributed by atoms with Crippen molar-refractivity contribution in [3.63, 3.8) is 0 Å². The number of halogens is 1. The summed E-state index contributed by atoms with van der Waals surface area (Å²) in [5, 5.41) is 6.93. The van der Waals surface area contributed by atoms with Gasteiger partial charge in [0.1, 0.15) is 0 Å². The van der Waals surface area contributed by atoms with Gasteiger partial charge in [-0.15, -0.1) is 0 Å². The lowest BCUT2D eigenvalue weighted by Gasteiger charge is -2.09. The summed E-state index contributed by atoms with van der Waals surface area (Å²) in [5.74, 6) is 0.419. The molecule has 30 heavy (non-hydrogen) atoms. The molecule has 5 nitrogen and oxygen atoms in total. The van der Waals surface area contributed by atoms with E-state index in [9.17, 15) is 0 Å². The van der Waals surface area contributed by atoms with Crippen molar-refractivity contribution < 1.29 is 0 Å². The monoisotopic (exact) mass is 409 g/mol. The van der Waals surface area contributed by atoms with E-state index >= 15 is 0 Å². The van der Waals surface area contributed by atoms with Crippen LogP contribution in [0.4, 0.5) is 5.95 Å². The topological polar surface area (TPSA) is 63.1 Å². The molecule has 0 aliphatic carbocycles. The van der Waals surface area contributed by atoms with Gasteiger partial charge in [-0.3, -0.25) is 4.98 Å². The molecule has 3 aromatic carbocycles. The number of benzene rings is 3. The van der Waals surface area contributed by atoms with Crippen molar-refractivity contribution in [2.75, 3.05) is 5.43 Å². The van der Waals surface area contributed by atoms with E-state index in [1.807, 2.05) is 78.9 Å². The highest BCUT2D eigenvalue weighted by atomic mass is 35.5. The molecule has 6 heteroatoms. The van der Waals surface area contributed by atoms with Gasteiger partial charge in [0.25, 0.3) is 0 Å². The molecule has 0 saturated heterocycles. The van der Waals surface area contributed by atoms with Gasteiger partial charge in [0, 0.05) is 27.6 Å². The van der Waals surface area contributed by atoms with Crippen LogP contribution in [0.5, 0.6) is 0 Å². The summed E-state index contributed by atoms with van der Waals surface area (Å²) < 4.78 is 0. The molecule has 144 valence electrons. The van der Waals surface area contributed by atoms with Crippen LogP contribution in [-0.4, -0.2) is 21.2 Å². The molecule has 2 heterocycles. The zero-order valence-corrected chi connectivity index (χ0v) is 16.6. The second-order valence-corrected chi connectivity index (χ2v) is 7.19. The minimum Gasteiger partial charge on any atom is -0.256 e. The molecule has 2 aromatic heterocycles. The first kappa shape index (κ1) is 18.2.